The quantitative estimate of drug-likeness (QED) is 0.533. The molecule has 3 amide bonds. The predicted molar refractivity (Wildman–Crippen MR) is 90.8 cm³/mol. The van der Waals surface area contributed by atoms with Crippen LogP contribution in [0.25, 0.3) is 0 Å². The summed E-state index contributed by atoms with van der Waals surface area (Å²) in [5.41, 5.74) is 0.733. The van der Waals surface area contributed by atoms with Gasteiger partial charge in [0.1, 0.15) is 5.69 Å². The number of urea groups is 1. The van der Waals surface area contributed by atoms with E-state index in [2.05, 4.69) is 10.3 Å². The highest BCUT2D eigenvalue weighted by Crippen LogP contribution is 2.34. The molecule has 1 aliphatic rings. The molecule has 1 aromatic carbocycles. The SMILES string of the molecule is CC(=O)c1c[nH]c(C(=O)OCC(=O)NC(=O)Nc2ccc3c(c2)OCO3)c1. The Kier molecular flexibility index (Phi) is 5.06. The van der Waals surface area contributed by atoms with Gasteiger partial charge in [-0.3, -0.25) is 14.9 Å². The summed E-state index contributed by atoms with van der Waals surface area (Å²) in [6.07, 6.45) is 1.36. The highest BCUT2D eigenvalue weighted by molar-refractivity contribution is 6.02. The molecule has 0 saturated heterocycles. The fraction of sp³-hybridized carbons (Fsp3) is 0.176. The molecule has 10 nitrogen and oxygen atoms in total. The molecule has 1 aromatic heterocycles. The summed E-state index contributed by atoms with van der Waals surface area (Å²) in [7, 11) is 0. The zero-order valence-electron chi connectivity index (χ0n) is 14.2. The van der Waals surface area contributed by atoms with Crippen molar-refractivity contribution in [3.05, 3.63) is 41.7 Å². The van der Waals surface area contributed by atoms with E-state index in [4.69, 9.17) is 14.2 Å². The van der Waals surface area contributed by atoms with Gasteiger partial charge < -0.3 is 24.5 Å². The second-order valence-electron chi connectivity index (χ2n) is 5.50. The van der Waals surface area contributed by atoms with Crippen LogP contribution in [0.1, 0.15) is 27.8 Å². The van der Waals surface area contributed by atoms with Crippen LogP contribution in [0.2, 0.25) is 0 Å². The van der Waals surface area contributed by atoms with Crippen LogP contribution in [0, 0.1) is 0 Å². The first-order valence-electron chi connectivity index (χ1n) is 7.79. The maximum Gasteiger partial charge on any atom is 0.355 e. The monoisotopic (exact) mass is 373 g/mol. The Morgan fingerprint density at radius 1 is 1.15 bits per heavy atom. The van der Waals surface area contributed by atoms with Crippen molar-refractivity contribution in [2.24, 2.45) is 0 Å². The van der Waals surface area contributed by atoms with E-state index in [9.17, 15) is 19.2 Å². The van der Waals surface area contributed by atoms with Gasteiger partial charge in [-0.05, 0) is 25.1 Å². The molecule has 0 fully saturated rings. The zero-order valence-corrected chi connectivity index (χ0v) is 14.2. The van der Waals surface area contributed by atoms with Crippen molar-refractivity contribution >= 4 is 29.4 Å². The van der Waals surface area contributed by atoms with Crippen LogP contribution in [-0.2, 0) is 9.53 Å². The van der Waals surface area contributed by atoms with Crippen molar-refractivity contribution in [2.45, 2.75) is 6.92 Å². The molecule has 0 bridgehead atoms. The number of aromatic amines is 1. The Hall–Kier alpha value is -3.82. The largest absolute Gasteiger partial charge is 0.454 e. The van der Waals surface area contributed by atoms with E-state index in [0.717, 1.165) is 0 Å². The number of nitrogens with one attached hydrogen (secondary N) is 3. The Morgan fingerprint density at radius 3 is 2.67 bits per heavy atom. The molecular weight excluding hydrogens is 358 g/mol. The smallest absolute Gasteiger partial charge is 0.355 e. The highest BCUT2D eigenvalue weighted by atomic mass is 16.7. The number of fused-ring (bicyclic) bond motifs is 1. The lowest BCUT2D eigenvalue weighted by atomic mass is 10.2. The summed E-state index contributed by atoms with van der Waals surface area (Å²) in [5.74, 6) is -0.831. The highest BCUT2D eigenvalue weighted by Gasteiger charge is 2.17. The van der Waals surface area contributed by atoms with E-state index in [0.29, 0.717) is 22.7 Å². The maximum absolute atomic E-state index is 11.8. The van der Waals surface area contributed by atoms with Crippen LogP contribution in [0.15, 0.2) is 30.5 Å². The number of rotatable bonds is 5. The summed E-state index contributed by atoms with van der Waals surface area (Å²) < 4.78 is 15.1. The van der Waals surface area contributed by atoms with E-state index in [1.165, 1.54) is 19.2 Å². The molecule has 2 heterocycles. The van der Waals surface area contributed by atoms with Crippen molar-refractivity contribution in [2.75, 3.05) is 18.7 Å². The fourth-order valence-electron chi connectivity index (χ4n) is 2.22. The molecule has 27 heavy (non-hydrogen) atoms. The molecule has 2 aromatic rings. The molecule has 0 aliphatic carbocycles. The molecule has 0 radical (unpaired) electrons. The number of benzene rings is 1. The third-order valence-electron chi connectivity index (χ3n) is 3.53. The number of amides is 3. The standard InChI is InChI=1S/C17H15N3O7/c1-9(21)10-4-12(18-6-10)16(23)25-7-15(22)20-17(24)19-11-2-3-13-14(5-11)27-8-26-13/h2-6,18H,7-8H2,1H3,(H2,19,20,22,24). The number of imide groups is 1. The number of hydrogen-bond acceptors (Lipinski definition) is 7. The van der Waals surface area contributed by atoms with E-state index in [-0.39, 0.29) is 18.3 Å². The second-order valence-corrected chi connectivity index (χ2v) is 5.50. The van der Waals surface area contributed by atoms with Crippen LogP contribution in [0.3, 0.4) is 0 Å². The third kappa shape index (κ3) is 4.42. The molecule has 3 rings (SSSR count). The number of ketones is 1. The van der Waals surface area contributed by atoms with Gasteiger partial charge in [-0.25, -0.2) is 9.59 Å². The summed E-state index contributed by atoms with van der Waals surface area (Å²) in [4.78, 5) is 49.1. The first-order chi connectivity index (χ1) is 12.9. The van der Waals surface area contributed by atoms with Crippen LogP contribution in [0.4, 0.5) is 10.5 Å². The molecular formula is C17H15N3O7. The lowest BCUT2D eigenvalue weighted by molar-refractivity contribution is -0.123. The number of aromatic nitrogens is 1. The van der Waals surface area contributed by atoms with E-state index < -0.39 is 24.5 Å². The average Bonchev–Trinajstić information content (AvgIpc) is 3.28. The lowest BCUT2D eigenvalue weighted by Crippen LogP contribution is -2.37. The first-order valence-corrected chi connectivity index (χ1v) is 7.79. The molecule has 0 saturated carbocycles. The molecule has 10 heteroatoms. The summed E-state index contributed by atoms with van der Waals surface area (Å²) in [6.45, 7) is 0.788. The van der Waals surface area contributed by atoms with Crippen molar-refractivity contribution < 1.29 is 33.4 Å². The number of esters is 1. The van der Waals surface area contributed by atoms with Crippen LogP contribution >= 0.6 is 0 Å². The van der Waals surface area contributed by atoms with Gasteiger partial charge in [0, 0.05) is 23.5 Å². The summed E-state index contributed by atoms with van der Waals surface area (Å²) in [6, 6.07) is 5.26. The minimum absolute atomic E-state index is 0.0258. The minimum Gasteiger partial charge on any atom is -0.454 e. The van der Waals surface area contributed by atoms with Gasteiger partial charge in [0.05, 0.1) is 0 Å². The lowest BCUT2D eigenvalue weighted by Gasteiger charge is -2.07. The van der Waals surface area contributed by atoms with E-state index >= 15 is 0 Å². The Morgan fingerprint density at radius 2 is 1.93 bits per heavy atom. The molecule has 0 spiro atoms. The Bertz CT molecular complexity index is 919. The normalized spacial score (nSPS) is 11.6. The van der Waals surface area contributed by atoms with Gasteiger partial charge in [0.25, 0.3) is 5.91 Å². The number of ether oxygens (including phenoxy) is 3. The van der Waals surface area contributed by atoms with E-state index in [1.807, 2.05) is 5.32 Å². The number of hydrogen-bond donors (Lipinski definition) is 3. The zero-order chi connectivity index (χ0) is 19.4. The number of H-pyrrole nitrogens is 1. The van der Waals surface area contributed by atoms with Crippen LogP contribution < -0.4 is 20.1 Å². The number of carbonyl (C=O) groups excluding carboxylic acids is 4. The van der Waals surface area contributed by atoms with Crippen molar-refractivity contribution in [1.82, 2.24) is 10.3 Å². The Balaban J connectivity index is 1.46. The van der Waals surface area contributed by atoms with Crippen LogP contribution in [-0.4, -0.2) is 42.1 Å². The Labute approximate surface area is 152 Å². The summed E-state index contributed by atoms with van der Waals surface area (Å²) in [5, 5.41) is 4.47. The third-order valence-corrected chi connectivity index (χ3v) is 3.53. The van der Waals surface area contributed by atoms with Gasteiger partial charge in [0.15, 0.2) is 23.9 Å². The second kappa shape index (κ2) is 7.60. The number of Topliss-reactive ketones (excluding diaryl/α,β-unsaturated/α-hetero) is 1. The van der Waals surface area contributed by atoms with Gasteiger partial charge in [-0.1, -0.05) is 0 Å². The predicted octanol–water partition coefficient (Wildman–Crippen LogP) is 1.45. The summed E-state index contributed by atoms with van der Waals surface area (Å²) >= 11 is 0. The molecule has 0 atom stereocenters. The number of carbonyl (C=O) groups is 4. The van der Waals surface area contributed by atoms with Gasteiger partial charge >= 0.3 is 12.0 Å². The van der Waals surface area contributed by atoms with Crippen LogP contribution in [0.5, 0.6) is 11.5 Å². The van der Waals surface area contributed by atoms with Gasteiger partial charge in [-0.2, -0.15) is 0 Å². The van der Waals surface area contributed by atoms with Gasteiger partial charge in [0.2, 0.25) is 6.79 Å². The topological polar surface area (TPSA) is 136 Å². The van der Waals surface area contributed by atoms with Crippen molar-refractivity contribution in [1.29, 1.82) is 0 Å². The minimum atomic E-state index is -0.825. The first kappa shape index (κ1) is 18.0. The van der Waals surface area contributed by atoms with Gasteiger partial charge in [-0.15, -0.1) is 0 Å². The molecule has 1 aliphatic heterocycles. The van der Waals surface area contributed by atoms with Crippen molar-refractivity contribution in [3.63, 3.8) is 0 Å². The fourth-order valence-corrected chi connectivity index (χ4v) is 2.22. The van der Waals surface area contributed by atoms with E-state index in [1.54, 1.807) is 18.2 Å². The molecule has 3 N–H and O–H groups in total. The van der Waals surface area contributed by atoms with Crippen molar-refractivity contribution in [3.8, 4) is 11.5 Å². The molecule has 140 valence electrons. The number of anilines is 1. The average molecular weight is 373 g/mol. The molecule has 0 unspecified atom stereocenters. The maximum atomic E-state index is 11.8.